The molecule has 0 aliphatic rings. The van der Waals surface area contributed by atoms with Gasteiger partial charge in [0.1, 0.15) is 6.04 Å². The van der Waals surface area contributed by atoms with E-state index in [1.165, 1.54) is 0 Å². The van der Waals surface area contributed by atoms with Crippen molar-refractivity contribution in [2.45, 2.75) is 16.7 Å². The Bertz CT molecular complexity index is 520. The lowest BCUT2D eigenvalue weighted by molar-refractivity contribution is 0.236. The molecule has 0 saturated heterocycles. The van der Waals surface area contributed by atoms with Crippen LogP contribution in [0.3, 0.4) is 0 Å². The molecular weight excluding hydrogens is 274 g/mol. The molecule has 18 heavy (non-hydrogen) atoms. The first kappa shape index (κ1) is 13.4. The Kier molecular flexibility index (Phi) is 4.60. The summed E-state index contributed by atoms with van der Waals surface area (Å²) in [4.78, 5) is 5.13. The Morgan fingerprint density at radius 1 is 1.50 bits per heavy atom. The zero-order valence-corrected chi connectivity index (χ0v) is 11.0. The average molecular weight is 286 g/mol. The highest BCUT2D eigenvalue weighted by molar-refractivity contribution is 7.98. The molecule has 1 aromatic carbocycles. The molecule has 0 radical (unpaired) electrons. The topological polar surface area (TPSA) is 85.2 Å². The molecule has 1 aromatic heterocycles. The van der Waals surface area contributed by atoms with Crippen molar-refractivity contribution < 1.29 is 9.63 Å². The minimum Gasteiger partial charge on any atom is -0.394 e. The van der Waals surface area contributed by atoms with E-state index in [9.17, 15) is 0 Å². The number of aliphatic hydroxyl groups excluding tert-OH is 1. The minimum absolute atomic E-state index is 0.219. The molecule has 7 heteroatoms. The van der Waals surface area contributed by atoms with Crippen LogP contribution in [0.15, 0.2) is 33.7 Å². The van der Waals surface area contributed by atoms with E-state index in [0.717, 1.165) is 4.90 Å². The molecule has 96 valence electrons. The summed E-state index contributed by atoms with van der Waals surface area (Å²) in [5.41, 5.74) is 5.56. The van der Waals surface area contributed by atoms with E-state index < -0.39 is 6.04 Å². The molecule has 0 spiro atoms. The largest absolute Gasteiger partial charge is 0.394 e. The summed E-state index contributed by atoms with van der Waals surface area (Å²) in [6.07, 6.45) is 0. The normalized spacial score (nSPS) is 12.6. The van der Waals surface area contributed by atoms with Crippen LogP contribution in [0.25, 0.3) is 0 Å². The quantitative estimate of drug-likeness (QED) is 0.818. The molecule has 5 nitrogen and oxygen atoms in total. The van der Waals surface area contributed by atoms with Crippen LogP contribution >= 0.6 is 23.4 Å². The summed E-state index contributed by atoms with van der Waals surface area (Å²) in [6.45, 7) is -0.219. The molecule has 2 rings (SSSR count). The minimum atomic E-state index is -0.623. The first-order valence-electron chi connectivity index (χ1n) is 5.26. The average Bonchev–Trinajstić information content (AvgIpc) is 2.84. The maximum absolute atomic E-state index is 8.86. The summed E-state index contributed by atoms with van der Waals surface area (Å²) in [5.74, 6) is 1.35. The van der Waals surface area contributed by atoms with Gasteiger partial charge in [0.2, 0.25) is 5.89 Å². The van der Waals surface area contributed by atoms with Gasteiger partial charge in [-0.2, -0.15) is 4.98 Å². The molecular formula is C11H12ClN3O2S. The predicted octanol–water partition coefficient (Wildman–Crippen LogP) is 2.01. The van der Waals surface area contributed by atoms with Gasteiger partial charge in [-0.15, -0.1) is 11.8 Å². The second kappa shape index (κ2) is 6.19. The van der Waals surface area contributed by atoms with Crippen molar-refractivity contribution in [1.29, 1.82) is 0 Å². The molecule has 0 saturated carbocycles. The second-order valence-corrected chi connectivity index (χ2v) is 5.07. The van der Waals surface area contributed by atoms with Gasteiger partial charge < -0.3 is 15.4 Å². The molecule has 0 unspecified atom stereocenters. The maximum Gasteiger partial charge on any atom is 0.245 e. The van der Waals surface area contributed by atoms with Crippen LogP contribution in [-0.4, -0.2) is 21.9 Å². The van der Waals surface area contributed by atoms with Gasteiger partial charge in [-0.3, -0.25) is 0 Å². The number of hydrogen-bond acceptors (Lipinski definition) is 6. The summed E-state index contributed by atoms with van der Waals surface area (Å²) >= 11 is 7.43. The van der Waals surface area contributed by atoms with Crippen molar-refractivity contribution in [3.63, 3.8) is 0 Å². The van der Waals surface area contributed by atoms with Gasteiger partial charge in [0, 0.05) is 9.92 Å². The summed E-state index contributed by atoms with van der Waals surface area (Å²) in [7, 11) is 0. The predicted molar refractivity (Wildman–Crippen MR) is 69.3 cm³/mol. The number of thioether (sulfide) groups is 1. The molecule has 3 N–H and O–H groups in total. The number of nitrogens with two attached hydrogens (primary N) is 1. The molecule has 1 heterocycles. The number of rotatable bonds is 5. The van der Waals surface area contributed by atoms with Gasteiger partial charge in [-0.25, -0.2) is 0 Å². The molecule has 0 bridgehead atoms. The first-order valence-corrected chi connectivity index (χ1v) is 6.62. The van der Waals surface area contributed by atoms with Gasteiger partial charge in [0.05, 0.1) is 12.4 Å². The van der Waals surface area contributed by atoms with Gasteiger partial charge in [-0.1, -0.05) is 22.8 Å². The smallest absolute Gasteiger partial charge is 0.245 e. The van der Waals surface area contributed by atoms with E-state index in [1.54, 1.807) is 11.8 Å². The third-order valence-corrected chi connectivity index (χ3v) is 3.39. The van der Waals surface area contributed by atoms with Crippen molar-refractivity contribution in [3.05, 3.63) is 41.0 Å². The zero-order valence-electron chi connectivity index (χ0n) is 9.41. The zero-order chi connectivity index (χ0) is 13.0. The highest BCUT2D eigenvalue weighted by Crippen LogP contribution is 2.24. The van der Waals surface area contributed by atoms with Crippen LogP contribution in [0, 0.1) is 0 Å². The van der Waals surface area contributed by atoms with Crippen molar-refractivity contribution in [1.82, 2.24) is 10.1 Å². The van der Waals surface area contributed by atoms with E-state index in [4.69, 9.17) is 27.0 Å². The van der Waals surface area contributed by atoms with Crippen molar-refractivity contribution >= 4 is 23.4 Å². The molecule has 2 aromatic rings. The molecule has 0 amide bonds. The van der Waals surface area contributed by atoms with Gasteiger partial charge >= 0.3 is 0 Å². The Hall–Kier alpha value is -1.08. The van der Waals surface area contributed by atoms with E-state index in [1.807, 2.05) is 24.3 Å². The lowest BCUT2D eigenvalue weighted by Gasteiger charge is -1.99. The molecule has 0 aliphatic carbocycles. The summed E-state index contributed by atoms with van der Waals surface area (Å²) < 4.78 is 4.94. The van der Waals surface area contributed by atoms with E-state index in [2.05, 4.69) is 10.1 Å². The third-order valence-electron chi connectivity index (χ3n) is 2.16. The molecule has 0 fully saturated rings. The van der Waals surface area contributed by atoms with E-state index in [0.29, 0.717) is 16.6 Å². The highest BCUT2D eigenvalue weighted by atomic mass is 35.5. The van der Waals surface area contributed by atoms with Crippen molar-refractivity contribution in [2.75, 3.05) is 6.61 Å². The SMILES string of the molecule is N[C@@H](CO)c1nc(CSc2cccc(Cl)c2)no1. The lowest BCUT2D eigenvalue weighted by atomic mass is 10.3. The van der Waals surface area contributed by atoms with Gasteiger partial charge in [0.15, 0.2) is 5.82 Å². The lowest BCUT2D eigenvalue weighted by Crippen LogP contribution is -2.14. The number of hydrogen-bond donors (Lipinski definition) is 2. The Balaban J connectivity index is 1.96. The van der Waals surface area contributed by atoms with Crippen LogP contribution in [0.1, 0.15) is 17.8 Å². The summed E-state index contributed by atoms with van der Waals surface area (Å²) in [6, 6.07) is 6.90. The first-order chi connectivity index (χ1) is 8.69. The fourth-order valence-electron chi connectivity index (χ4n) is 1.26. The Labute approximate surface area is 113 Å². The van der Waals surface area contributed by atoms with Crippen molar-refractivity contribution in [2.24, 2.45) is 5.73 Å². The van der Waals surface area contributed by atoms with Crippen LogP contribution in [-0.2, 0) is 5.75 Å². The number of aromatic nitrogens is 2. The van der Waals surface area contributed by atoms with Crippen LogP contribution < -0.4 is 5.73 Å². The van der Waals surface area contributed by atoms with E-state index in [-0.39, 0.29) is 12.5 Å². The van der Waals surface area contributed by atoms with Crippen LogP contribution in [0.2, 0.25) is 5.02 Å². The third kappa shape index (κ3) is 3.46. The van der Waals surface area contributed by atoms with Crippen LogP contribution in [0.4, 0.5) is 0 Å². The monoisotopic (exact) mass is 285 g/mol. The van der Waals surface area contributed by atoms with Crippen molar-refractivity contribution in [3.8, 4) is 0 Å². The fourth-order valence-corrected chi connectivity index (χ4v) is 2.31. The summed E-state index contributed by atoms with van der Waals surface area (Å²) in [5, 5.41) is 13.3. The Morgan fingerprint density at radius 3 is 3.06 bits per heavy atom. The van der Waals surface area contributed by atoms with Crippen LogP contribution in [0.5, 0.6) is 0 Å². The van der Waals surface area contributed by atoms with Gasteiger partial charge in [-0.05, 0) is 18.2 Å². The number of aliphatic hydroxyl groups is 1. The Morgan fingerprint density at radius 2 is 2.33 bits per heavy atom. The fraction of sp³-hybridized carbons (Fsp3) is 0.273. The van der Waals surface area contributed by atoms with E-state index >= 15 is 0 Å². The highest BCUT2D eigenvalue weighted by Gasteiger charge is 2.13. The number of nitrogens with zero attached hydrogens (tertiary/aromatic N) is 2. The van der Waals surface area contributed by atoms with Gasteiger partial charge in [0.25, 0.3) is 0 Å². The number of benzene rings is 1. The standard InChI is InChI=1S/C11H12ClN3O2S/c12-7-2-1-3-8(4-7)18-6-10-14-11(17-15-10)9(13)5-16/h1-4,9,16H,5-6,13H2/t9-/m0/s1. The molecule has 1 atom stereocenters. The number of halogens is 1. The second-order valence-electron chi connectivity index (χ2n) is 3.58. The molecule has 0 aliphatic heterocycles. The maximum atomic E-state index is 8.86.